The molecule has 1 amide bonds. The van der Waals surface area contributed by atoms with Crippen molar-refractivity contribution in [2.75, 3.05) is 39.9 Å². The van der Waals surface area contributed by atoms with Gasteiger partial charge in [0.15, 0.2) is 6.10 Å². The molecule has 0 bridgehead atoms. The predicted octanol–water partition coefficient (Wildman–Crippen LogP) is 2.19. The fraction of sp³-hybridized carbons (Fsp3) is 0.588. The standard InChI is InChI=1S/C17H25ClN2O3/c1-13(23-16-5-3-4-15(18)10-16)17(21)19-11-14-6-7-20(12-14)8-9-22-2/h3-5,10,13-14H,6-9,11-12H2,1-2H3,(H,19,21)/t13-,14-/m1/s1. The first-order chi connectivity index (χ1) is 11.1. The average molecular weight is 341 g/mol. The fourth-order valence-electron chi connectivity index (χ4n) is 2.69. The van der Waals surface area contributed by atoms with Crippen molar-refractivity contribution in [3.05, 3.63) is 29.3 Å². The van der Waals surface area contributed by atoms with E-state index < -0.39 is 6.10 Å². The number of rotatable bonds is 8. The van der Waals surface area contributed by atoms with Gasteiger partial charge in [0.2, 0.25) is 0 Å². The van der Waals surface area contributed by atoms with Crippen LogP contribution in [-0.4, -0.2) is 56.8 Å². The molecule has 1 aromatic carbocycles. The molecule has 0 saturated carbocycles. The second-order valence-corrected chi connectivity index (χ2v) is 6.35. The largest absolute Gasteiger partial charge is 0.481 e. The summed E-state index contributed by atoms with van der Waals surface area (Å²) >= 11 is 5.91. The van der Waals surface area contributed by atoms with E-state index in [1.54, 1.807) is 38.3 Å². The number of nitrogens with zero attached hydrogens (tertiary/aromatic N) is 1. The maximum atomic E-state index is 12.1. The molecule has 23 heavy (non-hydrogen) atoms. The van der Waals surface area contributed by atoms with Crippen LogP contribution in [0.3, 0.4) is 0 Å². The first-order valence-corrected chi connectivity index (χ1v) is 8.37. The average Bonchev–Trinajstić information content (AvgIpc) is 2.98. The molecule has 2 rings (SSSR count). The summed E-state index contributed by atoms with van der Waals surface area (Å²) in [5.74, 6) is 1.00. The SMILES string of the molecule is COCCN1CC[C@H](CNC(=O)[C@@H](C)Oc2cccc(Cl)c2)C1. The van der Waals surface area contributed by atoms with E-state index in [2.05, 4.69) is 10.2 Å². The van der Waals surface area contributed by atoms with Crippen molar-refractivity contribution < 1.29 is 14.3 Å². The molecule has 1 aliphatic heterocycles. The van der Waals surface area contributed by atoms with Gasteiger partial charge in [0.25, 0.3) is 5.91 Å². The molecule has 0 spiro atoms. The molecule has 0 aliphatic carbocycles. The van der Waals surface area contributed by atoms with Crippen molar-refractivity contribution in [3.8, 4) is 5.75 Å². The zero-order valence-electron chi connectivity index (χ0n) is 13.8. The van der Waals surface area contributed by atoms with E-state index in [1.165, 1.54) is 0 Å². The third kappa shape index (κ3) is 6.01. The number of methoxy groups -OCH3 is 1. The van der Waals surface area contributed by atoms with E-state index in [9.17, 15) is 4.79 Å². The van der Waals surface area contributed by atoms with Crippen LogP contribution in [0.4, 0.5) is 0 Å². The van der Waals surface area contributed by atoms with Gasteiger partial charge in [-0.05, 0) is 44.0 Å². The lowest BCUT2D eigenvalue weighted by Crippen LogP contribution is -2.39. The molecular formula is C17H25ClN2O3. The highest BCUT2D eigenvalue weighted by Gasteiger charge is 2.23. The number of halogens is 1. The van der Waals surface area contributed by atoms with Crippen LogP contribution >= 0.6 is 11.6 Å². The Kier molecular flexibility index (Phi) is 7.15. The molecule has 0 radical (unpaired) electrons. The van der Waals surface area contributed by atoms with Gasteiger partial charge in [0.1, 0.15) is 5.75 Å². The van der Waals surface area contributed by atoms with Gasteiger partial charge >= 0.3 is 0 Å². The van der Waals surface area contributed by atoms with Crippen LogP contribution in [0.15, 0.2) is 24.3 Å². The maximum absolute atomic E-state index is 12.1. The Balaban J connectivity index is 1.70. The highest BCUT2D eigenvalue weighted by Crippen LogP contribution is 2.18. The summed E-state index contributed by atoms with van der Waals surface area (Å²) in [4.78, 5) is 14.5. The van der Waals surface area contributed by atoms with Crippen molar-refractivity contribution >= 4 is 17.5 Å². The fourth-order valence-corrected chi connectivity index (χ4v) is 2.87. The van der Waals surface area contributed by atoms with Crippen molar-refractivity contribution in [1.29, 1.82) is 0 Å². The number of hydrogen-bond acceptors (Lipinski definition) is 4. The highest BCUT2D eigenvalue weighted by molar-refractivity contribution is 6.30. The number of hydrogen-bond donors (Lipinski definition) is 1. The smallest absolute Gasteiger partial charge is 0.260 e. The number of amides is 1. The normalized spacial score (nSPS) is 19.5. The van der Waals surface area contributed by atoms with Crippen LogP contribution in [-0.2, 0) is 9.53 Å². The Morgan fingerprint density at radius 3 is 3.09 bits per heavy atom. The van der Waals surface area contributed by atoms with E-state index in [0.717, 1.165) is 32.7 Å². The second-order valence-electron chi connectivity index (χ2n) is 5.91. The Morgan fingerprint density at radius 2 is 2.35 bits per heavy atom. The molecule has 0 unspecified atom stereocenters. The van der Waals surface area contributed by atoms with E-state index in [-0.39, 0.29) is 5.91 Å². The van der Waals surface area contributed by atoms with Crippen molar-refractivity contribution in [1.82, 2.24) is 10.2 Å². The van der Waals surface area contributed by atoms with Gasteiger partial charge < -0.3 is 19.7 Å². The minimum absolute atomic E-state index is 0.0969. The van der Waals surface area contributed by atoms with Gasteiger partial charge in [-0.15, -0.1) is 0 Å². The zero-order chi connectivity index (χ0) is 16.7. The first kappa shape index (κ1) is 18.0. The Bertz CT molecular complexity index is 512. The van der Waals surface area contributed by atoms with E-state index in [4.69, 9.17) is 21.1 Å². The molecule has 6 heteroatoms. The Morgan fingerprint density at radius 1 is 1.52 bits per heavy atom. The predicted molar refractivity (Wildman–Crippen MR) is 91.0 cm³/mol. The van der Waals surface area contributed by atoms with Gasteiger partial charge in [-0.1, -0.05) is 17.7 Å². The lowest BCUT2D eigenvalue weighted by Gasteiger charge is -2.18. The molecule has 1 N–H and O–H groups in total. The Labute approximate surface area is 142 Å². The van der Waals surface area contributed by atoms with Crippen LogP contribution in [0.2, 0.25) is 5.02 Å². The summed E-state index contributed by atoms with van der Waals surface area (Å²) in [5.41, 5.74) is 0. The zero-order valence-corrected chi connectivity index (χ0v) is 14.5. The molecule has 128 valence electrons. The molecule has 2 atom stereocenters. The van der Waals surface area contributed by atoms with Crippen molar-refractivity contribution in [2.24, 2.45) is 5.92 Å². The minimum atomic E-state index is -0.542. The third-order valence-corrected chi connectivity index (χ3v) is 4.26. The van der Waals surface area contributed by atoms with Crippen LogP contribution in [0.1, 0.15) is 13.3 Å². The lowest BCUT2D eigenvalue weighted by atomic mass is 10.1. The van der Waals surface area contributed by atoms with E-state index >= 15 is 0 Å². The molecule has 1 saturated heterocycles. The van der Waals surface area contributed by atoms with Gasteiger partial charge in [-0.3, -0.25) is 4.79 Å². The van der Waals surface area contributed by atoms with E-state index in [1.807, 2.05) is 0 Å². The van der Waals surface area contributed by atoms with Gasteiger partial charge in [-0.25, -0.2) is 0 Å². The minimum Gasteiger partial charge on any atom is -0.481 e. The Hall–Kier alpha value is -1.30. The third-order valence-electron chi connectivity index (χ3n) is 4.02. The lowest BCUT2D eigenvalue weighted by molar-refractivity contribution is -0.127. The summed E-state index contributed by atoms with van der Waals surface area (Å²) in [7, 11) is 1.72. The molecule has 1 aromatic rings. The van der Waals surface area contributed by atoms with Gasteiger partial charge in [0, 0.05) is 31.8 Å². The number of likely N-dealkylation sites (tertiary alicyclic amines) is 1. The van der Waals surface area contributed by atoms with Crippen LogP contribution in [0.5, 0.6) is 5.75 Å². The summed E-state index contributed by atoms with van der Waals surface area (Å²) in [6.07, 6.45) is 0.563. The van der Waals surface area contributed by atoms with Crippen LogP contribution in [0.25, 0.3) is 0 Å². The topological polar surface area (TPSA) is 50.8 Å². The van der Waals surface area contributed by atoms with Crippen LogP contribution in [0, 0.1) is 5.92 Å². The molecule has 1 aliphatic rings. The summed E-state index contributed by atoms with van der Waals surface area (Å²) in [6, 6.07) is 7.07. The van der Waals surface area contributed by atoms with Crippen molar-refractivity contribution in [2.45, 2.75) is 19.4 Å². The number of benzene rings is 1. The number of nitrogens with one attached hydrogen (secondary N) is 1. The number of carbonyl (C=O) groups excluding carboxylic acids is 1. The first-order valence-electron chi connectivity index (χ1n) is 7.99. The number of carbonyl (C=O) groups is 1. The second kappa shape index (κ2) is 9.11. The summed E-state index contributed by atoms with van der Waals surface area (Å²) in [5, 5.41) is 3.58. The molecular weight excluding hydrogens is 316 g/mol. The quantitative estimate of drug-likeness (QED) is 0.788. The van der Waals surface area contributed by atoms with Gasteiger partial charge in [-0.2, -0.15) is 0 Å². The monoisotopic (exact) mass is 340 g/mol. The van der Waals surface area contributed by atoms with E-state index in [0.29, 0.717) is 23.2 Å². The molecule has 5 nitrogen and oxygen atoms in total. The molecule has 1 heterocycles. The van der Waals surface area contributed by atoms with Crippen LogP contribution < -0.4 is 10.1 Å². The molecule has 1 fully saturated rings. The van der Waals surface area contributed by atoms with Crippen molar-refractivity contribution in [3.63, 3.8) is 0 Å². The maximum Gasteiger partial charge on any atom is 0.260 e. The summed E-state index contributed by atoms with van der Waals surface area (Å²) < 4.78 is 10.7. The highest BCUT2D eigenvalue weighted by atomic mass is 35.5. The molecule has 0 aromatic heterocycles. The number of ether oxygens (including phenoxy) is 2. The summed E-state index contributed by atoms with van der Waals surface area (Å²) in [6.45, 7) is 6.21. The van der Waals surface area contributed by atoms with Gasteiger partial charge in [0.05, 0.1) is 6.61 Å².